The van der Waals surface area contributed by atoms with Gasteiger partial charge in [-0.2, -0.15) is 0 Å². The van der Waals surface area contributed by atoms with E-state index in [9.17, 15) is 18.4 Å². The lowest BCUT2D eigenvalue weighted by molar-refractivity contribution is -0.123. The third kappa shape index (κ3) is 2.85. The molecule has 1 aliphatic heterocycles. The predicted octanol–water partition coefficient (Wildman–Crippen LogP) is 2.74. The second kappa shape index (κ2) is 5.84. The highest BCUT2D eigenvalue weighted by molar-refractivity contribution is 7.12. The van der Waals surface area contributed by atoms with E-state index in [1.807, 2.05) is 5.38 Å². The first kappa shape index (κ1) is 14.6. The van der Waals surface area contributed by atoms with E-state index in [1.165, 1.54) is 11.3 Å². The van der Waals surface area contributed by atoms with Gasteiger partial charge in [0.25, 0.3) is 5.91 Å². The molecule has 0 bridgehead atoms. The molecule has 1 saturated heterocycles. The van der Waals surface area contributed by atoms with Crippen LogP contribution in [0.2, 0.25) is 0 Å². The van der Waals surface area contributed by atoms with Crippen molar-refractivity contribution in [2.24, 2.45) is 5.92 Å². The van der Waals surface area contributed by atoms with E-state index >= 15 is 0 Å². The maximum absolute atomic E-state index is 13.5. The van der Waals surface area contributed by atoms with Gasteiger partial charge in [-0.05, 0) is 23.6 Å². The highest BCUT2D eigenvalue weighted by Gasteiger charge is 2.36. The monoisotopic (exact) mass is 322 g/mol. The Morgan fingerprint density at radius 1 is 1.23 bits per heavy atom. The van der Waals surface area contributed by atoms with Crippen LogP contribution in [0.15, 0.2) is 35.7 Å². The summed E-state index contributed by atoms with van der Waals surface area (Å²) in [5, 5.41) is 4.17. The molecule has 1 aromatic carbocycles. The number of likely N-dealkylation sites (tertiary alicyclic amines) is 1. The minimum Gasteiger partial charge on any atom is -0.336 e. The van der Waals surface area contributed by atoms with Crippen LogP contribution >= 0.6 is 11.3 Å². The molecule has 1 fully saturated rings. The molecule has 2 amide bonds. The Hall–Kier alpha value is -2.28. The summed E-state index contributed by atoms with van der Waals surface area (Å²) >= 11 is 1.34. The zero-order valence-corrected chi connectivity index (χ0v) is 12.2. The van der Waals surface area contributed by atoms with Crippen molar-refractivity contribution in [3.63, 3.8) is 0 Å². The van der Waals surface area contributed by atoms with Gasteiger partial charge in [0.15, 0.2) is 0 Å². The molecule has 2 heterocycles. The second-order valence-corrected chi connectivity index (χ2v) is 5.95. The summed E-state index contributed by atoms with van der Waals surface area (Å²) in [5.74, 6) is -2.26. The number of nitrogens with one attached hydrogen (secondary N) is 1. The van der Waals surface area contributed by atoms with Crippen LogP contribution in [0.25, 0.3) is 0 Å². The van der Waals surface area contributed by atoms with Crippen molar-refractivity contribution in [3.05, 3.63) is 52.2 Å². The van der Waals surface area contributed by atoms with Crippen molar-refractivity contribution >= 4 is 28.8 Å². The Morgan fingerprint density at radius 3 is 2.68 bits per heavy atom. The van der Waals surface area contributed by atoms with Crippen LogP contribution < -0.4 is 5.32 Å². The number of hydrogen-bond donors (Lipinski definition) is 1. The van der Waals surface area contributed by atoms with Gasteiger partial charge in [0.1, 0.15) is 11.6 Å². The number of thiophene rings is 1. The molecule has 0 unspecified atom stereocenters. The number of rotatable bonds is 3. The zero-order valence-electron chi connectivity index (χ0n) is 11.4. The van der Waals surface area contributed by atoms with E-state index in [-0.39, 0.29) is 24.7 Å². The summed E-state index contributed by atoms with van der Waals surface area (Å²) in [6.45, 7) is 0.555. The molecule has 0 spiro atoms. The molecule has 22 heavy (non-hydrogen) atoms. The molecular weight excluding hydrogens is 310 g/mol. The van der Waals surface area contributed by atoms with E-state index in [4.69, 9.17) is 0 Å². The molecule has 4 nitrogen and oxygen atoms in total. The van der Waals surface area contributed by atoms with Crippen molar-refractivity contribution < 1.29 is 18.4 Å². The first-order valence-corrected chi connectivity index (χ1v) is 7.51. The molecule has 0 aliphatic carbocycles. The van der Waals surface area contributed by atoms with Crippen LogP contribution in [0.4, 0.5) is 14.5 Å². The van der Waals surface area contributed by atoms with Crippen molar-refractivity contribution in [2.75, 3.05) is 18.4 Å². The maximum atomic E-state index is 13.5. The number of nitrogens with zero attached hydrogens (tertiary/aromatic N) is 1. The van der Waals surface area contributed by atoms with Crippen LogP contribution in [0.1, 0.15) is 9.67 Å². The third-order valence-corrected chi connectivity index (χ3v) is 4.32. The van der Waals surface area contributed by atoms with Gasteiger partial charge in [-0.25, -0.2) is 8.78 Å². The number of hydrogen-bond acceptors (Lipinski definition) is 3. The fourth-order valence-corrected chi connectivity index (χ4v) is 2.89. The van der Waals surface area contributed by atoms with Crippen LogP contribution in [0.3, 0.4) is 0 Å². The quantitative estimate of drug-likeness (QED) is 0.944. The molecule has 7 heteroatoms. The fraction of sp³-hybridized carbons (Fsp3) is 0.200. The van der Waals surface area contributed by atoms with E-state index in [2.05, 4.69) is 5.32 Å². The first-order valence-electron chi connectivity index (χ1n) is 6.63. The van der Waals surface area contributed by atoms with Crippen molar-refractivity contribution in [1.29, 1.82) is 0 Å². The van der Waals surface area contributed by atoms with Gasteiger partial charge in [0.05, 0.1) is 16.5 Å². The van der Waals surface area contributed by atoms with Crippen molar-refractivity contribution in [2.45, 2.75) is 0 Å². The molecular formula is C15H12F2N2O2S. The Balaban J connectivity index is 1.57. The fourth-order valence-electron chi connectivity index (χ4n) is 2.19. The summed E-state index contributed by atoms with van der Waals surface area (Å²) in [7, 11) is 0. The molecule has 0 atom stereocenters. The van der Waals surface area contributed by atoms with Gasteiger partial charge in [-0.3, -0.25) is 9.59 Å². The number of amides is 2. The highest BCUT2D eigenvalue weighted by Crippen LogP contribution is 2.23. The van der Waals surface area contributed by atoms with E-state index in [0.29, 0.717) is 4.88 Å². The topological polar surface area (TPSA) is 49.4 Å². The predicted molar refractivity (Wildman–Crippen MR) is 78.7 cm³/mol. The summed E-state index contributed by atoms with van der Waals surface area (Å²) < 4.78 is 26.5. The van der Waals surface area contributed by atoms with Gasteiger partial charge in [0, 0.05) is 19.2 Å². The molecule has 0 radical (unpaired) electrons. The summed E-state index contributed by atoms with van der Waals surface area (Å²) in [4.78, 5) is 26.2. The smallest absolute Gasteiger partial charge is 0.263 e. The van der Waals surface area contributed by atoms with Gasteiger partial charge in [0.2, 0.25) is 5.91 Å². The lowest BCUT2D eigenvalue weighted by atomic mass is 9.98. The minimum absolute atomic E-state index is 0.115. The van der Waals surface area contributed by atoms with Crippen molar-refractivity contribution in [1.82, 2.24) is 4.90 Å². The number of carbonyl (C=O) groups excluding carboxylic acids is 2. The minimum atomic E-state index is -0.694. The Morgan fingerprint density at radius 2 is 2.00 bits per heavy atom. The van der Waals surface area contributed by atoms with Crippen LogP contribution in [0.5, 0.6) is 0 Å². The standard InChI is InChI=1S/C15H12F2N2O2S/c16-10-3-4-11(17)12(6-10)18-14(20)9-7-19(8-9)15(21)13-2-1-5-22-13/h1-6,9H,7-8H2,(H,18,20). The Kier molecular flexibility index (Phi) is 3.89. The lowest BCUT2D eigenvalue weighted by Gasteiger charge is -2.37. The molecule has 1 aliphatic rings. The van der Waals surface area contributed by atoms with Gasteiger partial charge in [-0.15, -0.1) is 11.3 Å². The van der Waals surface area contributed by atoms with E-state index < -0.39 is 23.5 Å². The second-order valence-electron chi connectivity index (χ2n) is 5.00. The molecule has 114 valence electrons. The molecule has 0 saturated carbocycles. The summed E-state index contributed by atoms with van der Waals surface area (Å²) in [6, 6.07) is 6.38. The van der Waals surface area contributed by atoms with Crippen LogP contribution in [-0.4, -0.2) is 29.8 Å². The Labute approximate surface area is 129 Å². The van der Waals surface area contributed by atoms with E-state index in [1.54, 1.807) is 17.0 Å². The number of carbonyl (C=O) groups is 2. The van der Waals surface area contributed by atoms with Gasteiger partial charge < -0.3 is 10.2 Å². The maximum Gasteiger partial charge on any atom is 0.263 e. The summed E-state index contributed by atoms with van der Waals surface area (Å²) in [5.41, 5.74) is -0.187. The average Bonchev–Trinajstić information content (AvgIpc) is 2.95. The Bertz CT molecular complexity index is 712. The molecule has 2 aromatic rings. The van der Waals surface area contributed by atoms with Crippen molar-refractivity contribution in [3.8, 4) is 0 Å². The summed E-state index contributed by atoms with van der Waals surface area (Å²) in [6.07, 6.45) is 0. The number of anilines is 1. The largest absolute Gasteiger partial charge is 0.336 e. The molecule has 3 rings (SSSR count). The third-order valence-electron chi connectivity index (χ3n) is 3.46. The molecule has 1 N–H and O–H groups in total. The zero-order chi connectivity index (χ0) is 15.7. The number of benzene rings is 1. The van der Waals surface area contributed by atoms with Crippen LogP contribution in [-0.2, 0) is 4.79 Å². The number of halogens is 2. The first-order chi connectivity index (χ1) is 10.5. The highest BCUT2D eigenvalue weighted by atomic mass is 32.1. The lowest BCUT2D eigenvalue weighted by Crippen LogP contribution is -2.54. The van der Waals surface area contributed by atoms with Gasteiger partial charge >= 0.3 is 0 Å². The SMILES string of the molecule is O=C(Nc1cc(F)ccc1F)C1CN(C(=O)c2cccs2)C1. The average molecular weight is 322 g/mol. The van der Waals surface area contributed by atoms with E-state index in [0.717, 1.165) is 18.2 Å². The normalized spacial score (nSPS) is 14.5. The van der Waals surface area contributed by atoms with Crippen LogP contribution in [0, 0.1) is 17.6 Å². The molecule has 1 aromatic heterocycles. The van der Waals surface area contributed by atoms with Gasteiger partial charge in [-0.1, -0.05) is 6.07 Å².